The molecule has 1 saturated carbocycles. The van der Waals surface area contributed by atoms with Crippen LogP contribution in [0.5, 0.6) is 0 Å². The van der Waals surface area contributed by atoms with Crippen LogP contribution in [0.3, 0.4) is 0 Å². The summed E-state index contributed by atoms with van der Waals surface area (Å²) in [7, 11) is 0.254. The van der Waals surface area contributed by atoms with Crippen molar-refractivity contribution in [3.8, 4) is 0 Å². The van der Waals surface area contributed by atoms with E-state index in [1.807, 2.05) is 19.3 Å². The zero-order valence-corrected chi connectivity index (χ0v) is 22.7. The molecule has 0 saturated heterocycles. The predicted octanol–water partition coefficient (Wildman–Crippen LogP) is 2.68. The van der Waals surface area contributed by atoms with Gasteiger partial charge in [-0.05, 0) is 62.4 Å². The molecule has 3 aromatic rings. The molecule has 1 fully saturated rings. The largest absolute Gasteiger partial charge is 0.444 e. The number of esters is 1. The normalized spacial score (nSPS) is 17.8. The van der Waals surface area contributed by atoms with E-state index in [0.29, 0.717) is 11.3 Å². The quantitative estimate of drug-likeness (QED) is 0.373. The Bertz CT molecular complexity index is 1380. The number of fused-ring (bicyclic) bond motifs is 1. The maximum Gasteiger partial charge on any atom is 0.311 e. The first-order valence-corrected chi connectivity index (χ1v) is 14.3. The summed E-state index contributed by atoms with van der Waals surface area (Å²) in [5.74, 6) is 0.600. The van der Waals surface area contributed by atoms with Crippen LogP contribution in [0.15, 0.2) is 42.9 Å². The van der Waals surface area contributed by atoms with Crippen LogP contribution in [-0.2, 0) is 37.5 Å². The number of carbonyl (C=O) groups excluding carboxylic acids is 2. The molecule has 4 rings (SSSR count). The fourth-order valence-corrected chi connectivity index (χ4v) is 6.03. The van der Waals surface area contributed by atoms with Gasteiger partial charge in [0.2, 0.25) is 15.9 Å². The Morgan fingerprint density at radius 1 is 1.11 bits per heavy atom. The van der Waals surface area contributed by atoms with Gasteiger partial charge in [-0.2, -0.15) is 0 Å². The molecular weight excluding hydrogens is 508 g/mol. The molecule has 38 heavy (non-hydrogen) atoms. The van der Waals surface area contributed by atoms with Crippen molar-refractivity contribution < 1.29 is 22.7 Å². The topological polar surface area (TPSA) is 136 Å². The fourth-order valence-electron chi connectivity index (χ4n) is 4.91. The molecule has 2 N–H and O–H groups in total. The molecule has 11 nitrogen and oxygen atoms in total. The van der Waals surface area contributed by atoms with Crippen molar-refractivity contribution in [1.82, 2.24) is 19.3 Å². The summed E-state index contributed by atoms with van der Waals surface area (Å²) in [4.78, 5) is 34.7. The summed E-state index contributed by atoms with van der Waals surface area (Å²) in [6.45, 7) is 1.47. The molecule has 1 amide bonds. The van der Waals surface area contributed by atoms with Gasteiger partial charge in [-0.15, -0.1) is 0 Å². The summed E-state index contributed by atoms with van der Waals surface area (Å²) in [6.07, 6.45) is 6.90. The number of nitrogens with zero attached hydrogens (tertiary/aromatic N) is 4. The van der Waals surface area contributed by atoms with Gasteiger partial charge in [0.1, 0.15) is 17.8 Å². The van der Waals surface area contributed by atoms with E-state index in [4.69, 9.17) is 4.74 Å². The van der Waals surface area contributed by atoms with E-state index >= 15 is 0 Å². The molecule has 0 unspecified atom stereocenters. The van der Waals surface area contributed by atoms with Crippen molar-refractivity contribution in [2.45, 2.75) is 51.8 Å². The van der Waals surface area contributed by atoms with E-state index in [2.05, 4.69) is 24.9 Å². The van der Waals surface area contributed by atoms with Crippen LogP contribution in [0, 0.1) is 5.92 Å². The zero-order chi connectivity index (χ0) is 27.3. The number of hydrogen-bond acceptors (Lipinski definition) is 8. The third kappa shape index (κ3) is 6.87. The van der Waals surface area contributed by atoms with Gasteiger partial charge in [0, 0.05) is 31.9 Å². The smallest absolute Gasteiger partial charge is 0.311 e. The number of hydrogen-bond donors (Lipinski definition) is 2. The number of sulfonamides is 1. The second-order valence-corrected chi connectivity index (χ2v) is 11.7. The third-order valence-electron chi connectivity index (χ3n) is 6.99. The van der Waals surface area contributed by atoms with Crippen molar-refractivity contribution in [2.75, 3.05) is 30.1 Å². The average molecular weight is 543 g/mol. The lowest BCUT2D eigenvalue weighted by atomic mass is 9.86. The number of aromatic nitrogens is 3. The average Bonchev–Trinajstić information content (AvgIpc) is 3.31. The Kier molecular flexibility index (Phi) is 8.62. The Morgan fingerprint density at radius 3 is 2.47 bits per heavy atom. The molecule has 0 aliphatic heterocycles. The predicted molar refractivity (Wildman–Crippen MR) is 145 cm³/mol. The van der Waals surface area contributed by atoms with Crippen LogP contribution >= 0.6 is 0 Å². The minimum Gasteiger partial charge on any atom is -0.444 e. The summed E-state index contributed by atoms with van der Waals surface area (Å²) in [5, 5.41) is 3.55. The molecule has 12 heteroatoms. The molecule has 2 heterocycles. The maximum atomic E-state index is 12.4. The highest BCUT2D eigenvalue weighted by atomic mass is 32.2. The van der Waals surface area contributed by atoms with Gasteiger partial charge < -0.3 is 15.0 Å². The van der Waals surface area contributed by atoms with Crippen molar-refractivity contribution in [1.29, 1.82) is 0 Å². The summed E-state index contributed by atoms with van der Waals surface area (Å²) in [6, 6.07) is 9.21. The molecule has 1 aromatic carbocycles. The Hall–Kier alpha value is -3.51. The number of rotatable bonds is 10. The van der Waals surface area contributed by atoms with Crippen molar-refractivity contribution >= 4 is 44.4 Å². The zero-order valence-electron chi connectivity index (χ0n) is 21.9. The fraction of sp³-hybridized carbons (Fsp3) is 0.462. The maximum absolute atomic E-state index is 12.4. The van der Waals surface area contributed by atoms with Crippen molar-refractivity contribution in [3.05, 3.63) is 48.4 Å². The lowest BCUT2D eigenvalue weighted by Crippen LogP contribution is -2.38. The second-order valence-electron chi connectivity index (χ2n) is 9.69. The van der Waals surface area contributed by atoms with Gasteiger partial charge in [0.05, 0.1) is 17.6 Å². The Balaban J connectivity index is 1.35. The highest BCUT2D eigenvalue weighted by Gasteiger charge is 2.28. The van der Waals surface area contributed by atoms with Crippen molar-refractivity contribution in [3.63, 3.8) is 0 Å². The molecule has 1 aliphatic rings. The van der Waals surface area contributed by atoms with E-state index in [-0.39, 0.29) is 42.7 Å². The first-order chi connectivity index (χ1) is 18.1. The van der Waals surface area contributed by atoms with Gasteiger partial charge in [0.25, 0.3) is 0 Å². The Morgan fingerprint density at radius 2 is 1.82 bits per heavy atom. The number of ether oxygens (including phenoxy) is 1. The van der Waals surface area contributed by atoms with Crippen LogP contribution in [0.25, 0.3) is 11.0 Å². The summed E-state index contributed by atoms with van der Waals surface area (Å²) >= 11 is 0. The number of amides is 1. The molecule has 2 aromatic heterocycles. The first-order valence-electron chi connectivity index (χ1n) is 12.6. The SMILES string of the molecule is CNS(=O)(=O)CC1CCC(N(C)c2ncnc3c2ccn3COC(=O)Cc2ccc(NC(C)=O)cc2)CC1. The van der Waals surface area contributed by atoms with Gasteiger partial charge in [-0.25, -0.2) is 23.1 Å². The lowest BCUT2D eigenvalue weighted by molar-refractivity contribution is -0.146. The summed E-state index contributed by atoms with van der Waals surface area (Å²) in [5.41, 5.74) is 2.12. The number of nitrogens with one attached hydrogen (secondary N) is 2. The standard InChI is InChI=1S/C26H34N6O5S/c1-18(33)30-21-8-4-19(5-9-21)14-24(34)37-17-32-13-12-23-25(28-16-29-26(23)32)31(3)22-10-6-20(7-11-22)15-38(35,36)27-2/h4-5,8-9,12-13,16,20,22,27H,6-7,10-11,14-15,17H2,1-3H3,(H,30,33). The van der Waals surface area contributed by atoms with E-state index < -0.39 is 10.0 Å². The minimum atomic E-state index is -3.21. The van der Waals surface area contributed by atoms with Crippen LogP contribution in [0.2, 0.25) is 0 Å². The van der Waals surface area contributed by atoms with Crippen LogP contribution in [-0.4, -0.2) is 60.7 Å². The minimum absolute atomic E-state index is 0.0253. The molecule has 1 aliphatic carbocycles. The van der Waals surface area contributed by atoms with Gasteiger partial charge in [-0.1, -0.05) is 12.1 Å². The lowest BCUT2D eigenvalue weighted by Gasteiger charge is -2.35. The monoisotopic (exact) mass is 542 g/mol. The van der Waals surface area contributed by atoms with Gasteiger partial charge in [-0.3, -0.25) is 14.2 Å². The number of carbonyl (C=O) groups is 2. The van der Waals surface area contributed by atoms with Gasteiger partial charge >= 0.3 is 5.97 Å². The van der Waals surface area contributed by atoms with E-state index in [1.54, 1.807) is 28.8 Å². The molecular formula is C26H34N6O5S. The number of benzene rings is 1. The highest BCUT2D eigenvalue weighted by Crippen LogP contribution is 2.32. The molecule has 0 atom stereocenters. The Labute approximate surface area is 222 Å². The highest BCUT2D eigenvalue weighted by molar-refractivity contribution is 7.89. The van der Waals surface area contributed by atoms with Crippen LogP contribution < -0.4 is 14.9 Å². The molecule has 0 spiro atoms. The van der Waals surface area contributed by atoms with E-state index in [1.165, 1.54) is 20.3 Å². The number of anilines is 2. The summed E-state index contributed by atoms with van der Waals surface area (Å²) < 4.78 is 33.5. The first kappa shape index (κ1) is 27.5. The molecule has 0 radical (unpaired) electrons. The third-order valence-corrected chi connectivity index (χ3v) is 8.52. The van der Waals surface area contributed by atoms with Crippen LogP contribution in [0.1, 0.15) is 38.2 Å². The van der Waals surface area contributed by atoms with Crippen LogP contribution in [0.4, 0.5) is 11.5 Å². The molecule has 204 valence electrons. The van der Waals surface area contributed by atoms with Crippen molar-refractivity contribution in [2.24, 2.45) is 5.92 Å². The van der Waals surface area contributed by atoms with E-state index in [9.17, 15) is 18.0 Å². The van der Waals surface area contributed by atoms with Gasteiger partial charge in [0.15, 0.2) is 6.73 Å². The molecule has 0 bridgehead atoms. The van der Waals surface area contributed by atoms with E-state index in [0.717, 1.165) is 42.5 Å². The second kappa shape index (κ2) is 11.9.